The van der Waals surface area contributed by atoms with Crippen molar-refractivity contribution < 1.29 is 24.2 Å². The highest BCUT2D eigenvalue weighted by atomic mass is 16.5. The molecule has 4 aliphatic rings. The van der Waals surface area contributed by atoms with Gasteiger partial charge in [-0.25, -0.2) is 4.90 Å². The van der Waals surface area contributed by atoms with E-state index in [1.54, 1.807) is 48.5 Å². The lowest BCUT2D eigenvalue weighted by atomic mass is 9.47. The van der Waals surface area contributed by atoms with Crippen LogP contribution in [0.15, 0.2) is 72.8 Å². The zero-order valence-electron chi connectivity index (χ0n) is 19.3. The van der Waals surface area contributed by atoms with Crippen molar-refractivity contribution >= 4 is 23.5 Å². The molecule has 0 saturated carbocycles. The molecule has 1 fully saturated rings. The number of carboxylic acids is 1. The van der Waals surface area contributed by atoms with E-state index in [9.17, 15) is 19.5 Å². The van der Waals surface area contributed by atoms with Gasteiger partial charge in [0, 0.05) is 5.92 Å². The molecule has 7 rings (SSSR count). The third kappa shape index (κ3) is 2.74. The molecule has 0 spiro atoms. The van der Waals surface area contributed by atoms with E-state index in [0.29, 0.717) is 29.2 Å². The van der Waals surface area contributed by atoms with E-state index in [2.05, 4.69) is 6.92 Å². The fraction of sp³-hybridized carbons (Fsp3) is 0.276. The molecule has 176 valence electrons. The zero-order chi connectivity index (χ0) is 24.3. The molecule has 6 heteroatoms. The quantitative estimate of drug-likeness (QED) is 0.426. The number of rotatable bonds is 6. The van der Waals surface area contributed by atoms with Gasteiger partial charge in [0.15, 0.2) is 0 Å². The van der Waals surface area contributed by atoms with Crippen molar-refractivity contribution in [1.29, 1.82) is 0 Å². The van der Waals surface area contributed by atoms with Crippen LogP contribution in [0.25, 0.3) is 0 Å². The molecule has 1 heterocycles. The average molecular weight is 468 g/mol. The number of imide groups is 1. The van der Waals surface area contributed by atoms with Crippen molar-refractivity contribution in [2.45, 2.75) is 31.1 Å². The molecule has 2 atom stereocenters. The molecule has 3 aromatic rings. The normalized spacial score (nSPS) is 25.7. The minimum absolute atomic E-state index is 0.348. The summed E-state index contributed by atoms with van der Waals surface area (Å²) >= 11 is 0. The minimum atomic E-state index is -1.61. The molecule has 2 amide bonds. The van der Waals surface area contributed by atoms with E-state index in [-0.39, 0.29) is 11.8 Å². The molecule has 1 aliphatic heterocycles. The number of carbonyl (C=O) groups is 3. The largest absolute Gasteiger partial charge is 0.494 e. The first kappa shape index (κ1) is 21.6. The molecular weight excluding hydrogens is 442 g/mol. The number of benzene rings is 3. The molecule has 0 unspecified atom stereocenters. The Balaban J connectivity index is 1.49. The molecule has 3 aliphatic carbocycles. The fourth-order valence-corrected chi connectivity index (χ4v) is 6.42. The van der Waals surface area contributed by atoms with Crippen molar-refractivity contribution in [3.05, 3.63) is 95.1 Å². The van der Waals surface area contributed by atoms with E-state index in [1.807, 2.05) is 24.3 Å². The Morgan fingerprint density at radius 3 is 2.09 bits per heavy atom. The van der Waals surface area contributed by atoms with Gasteiger partial charge in [-0.3, -0.25) is 14.4 Å². The second-order valence-electron chi connectivity index (χ2n) is 9.48. The van der Waals surface area contributed by atoms with Crippen LogP contribution < -0.4 is 9.64 Å². The molecule has 3 aromatic carbocycles. The zero-order valence-corrected chi connectivity index (χ0v) is 19.3. The number of carbonyl (C=O) groups excluding carboxylic acids is 2. The van der Waals surface area contributed by atoms with Crippen LogP contribution in [0.1, 0.15) is 47.9 Å². The summed E-state index contributed by atoms with van der Waals surface area (Å²) in [5.41, 5.74) is 1.68. The summed E-state index contributed by atoms with van der Waals surface area (Å²) < 4.78 is 5.72. The van der Waals surface area contributed by atoms with Crippen LogP contribution in [0.5, 0.6) is 5.75 Å². The van der Waals surface area contributed by atoms with Crippen LogP contribution in [0, 0.1) is 11.8 Å². The topological polar surface area (TPSA) is 83.9 Å². The second-order valence-corrected chi connectivity index (χ2v) is 9.48. The first-order valence-corrected chi connectivity index (χ1v) is 12.0. The average Bonchev–Trinajstić information content (AvgIpc) is 3.15. The summed E-state index contributed by atoms with van der Waals surface area (Å²) in [5.74, 6) is -3.40. The Labute approximate surface area is 203 Å². The van der Waals surface area contributed by atoms with Crippen molar-refractivity contribution in [1.82, 2.24) is 0 Å². The smallest absolute Gasteiger partial charge is 0.319 e. The molecular formula is C29H25NO5. The maximum Gasteiger partial charge on any atom is 0.319 e. The minimum Gasteiger partial charge on any atom is -0.494 e. The number of hydrogen-bond donors (Lipinski definition) is 1. The Bertz CT molecular complexity index is 1310. The van der Waals surface area contributed by atoms with Crippen LogP contribution in [0.3, 0.4) is 0 Å². The fourth-order valence-electron chi connectivity index (χ4n) is 6.42. The van der Waals surface area contributed by atoms with Gasteiger partial charge in [0.1, 0.15) is 11.2 Å². The van der Waals surface area contributed by atoms with Gasteiger partial charge in [0.25, 0.3) is 0 Å². The predicted octanol–water partition coefficient (Wildman–Crippen LogP) is 4.50. The Kier molecular flexibility index (Phi) is 4.81. The lowest BCUT2D eigenvalue weighted by Gasteiger charge is -2.51. The highest BCUT2D eigenvalue weighted by Gasteiger charge is 2.71. The van der Waals surface area contributed by atoms with Crippen molar-refractivity contribution in [2.24, 2.45) is 11.8 Å². The number of ether oxygens (including phenoxy) is 1. The summed E-state index contributed by atoms with van der Waals surface area (Å²) in [6, 6.07) is 21.6. The maximum atomic E-state index is 14.0. The van der Waals surface area contributed by atoms with Gasteiger partial charge in [-0.15, -0.1) is 0 Å². The summed E-state index contributed by atoms with van der Waals surface area (Å²) in [5, 5.41) is 10.8. The molecule has 2 bridgehead atoms. The van der Waals surface area contributed by atoms with E-state index < -0.39 is 29.1 Å². The van der Waals surface area contributed by atoms with Gasteiger partial charge in [-0.05, 0) is 52.9 Å². The van der Waals surface area contributed by atoms with E-state index >= 15 is 0 Å². The van der Waals surface area contributed by atoms with Crippen molar-refractivity contribution in [2.75, 3.05) is 11.5 Å². The standard InChI is InChI=1S/C29H25NO5/c1-2-3-16-35-18-14-12-17(13-15-18)30-26(31)24-23-19-8-4-6-10-21(19)29(28(33)34,25(24)27(30)32)22-11-7-5-9-20(22)23/h4-15,23-25H,2-3,16H2,1H3,(H,33,34)/t23?,24-,25+,29?/m1/s1. The summed E-state index contributed by atoms with van der Waals surface area (Å²) in [4.78, 5) is 42.2. The van der Waals surface area contributed by atoms with E-state index in [1.165, 1.54) is 4.90 Å². The van der Waals surface area contributed by atoms with Gasteiger partial charge < -0.3 is 9.84 Å². The number of nitrogens with zero attached hydrogens (tertiary/aromatic N) is 1. The summed E-state index contributed by atoms with van der Waals surface area (Å²) in [6.45, 7) is 2.69. The number of carboxylic acid groups (broad SMARTS) is 1. The van der Waals surface area contributed by atoms with Gasteiger partial charge in [0.2, 0.25) is 11.8 Å². The number of unbranched alkanes of at least 4 members (excludes halogenated alkanes) is 1. The Morgan fingerprint density at radius 2 is 1.51 bits per heavy atom. The molecule has 0 aromatic heterocycles. The second kappa shape index (κ2) is 7.80. The Hall–Kier alpha value is -3.93. The van der Waals surface area contributed by atoms with Gasteiger partial charge in [0.05, 0.1) is 24.1 Å². The maximum absolute atomic E-state index is 14.0. The third-order valence-corrected chi connectivity index (χ3v) is 7.82. The molecule has 35 heavy (non-hydrogen) atoms. The lowest BCUT2D eigenvalue weighted by molar-refractivity contribution is -0.149. The van der Waals surface area contributed by atoms with Crippen LogP contribution in [-0.2, 0) is 19.8 Å². The molecule has 1 N–H and O–H groups in total. The van der Waals surface area contributed by atoms with E-state index in [4.69, 9.17) is 4.74 Å². The highest BCUT2D eigenvalue weighted by molar-refractivity contribution is 6.25. The van der Waals surface area contributed by atoms with Gasteiger partial charge in [-0.2, -0.15) is 0 Å². The SMILES string of the molecule is CCCCOc1ccc(N2C(=O)[C@@H]3C4c5ccccc5C(C(=O)O)(c5ccccc54)[C@@H]3C2=O)cc1. The molecule has 0 radical (unpaired) electrons. The van der Waals surface area contributed by atoms with Crippen LogP contribution in [-0.4, -0.2) is 29.5 Å². The Morgan fingerprint density at radius 1 is 0.914 bits per heavy atom. The number of aliphatic carboxylic acids is 1. The molecule has 6 nitrogen and oxygen atoms in total. The molecule has 1 saturated heterocycles. The highest BCUT2D eigenvalue weighted by Crippen LogP contribution is 2.64. The lowest BCUT2D eigenvalue weighted by Crippen LogP contribution is -2.57. The number of hydrogen-bond acceptors (Lipinski definition) is 4. The predicted molar refractivity (Wildman–Crippen MR) is 129 cm³/mol. The number of anilines is 1. The van der Waals surface area contributed by atoms with Crippen molar-refractivity contribution in [3.63, 3.8) is 0 Å². The summed E-state index contributed by atoms with van der Waals surface area (Å²) in [6.07, 6.45) is 1.96. The van der Waals surface area contributed by atoms with Gasteiger partial charge in [-0.1, -0.05) is 61.9 Å². The van der Waals surface area contributed by atoms with Crippen LogP contribution >= 0.6 is 0 Å². The number of amides is 2. The monoisotopic (exact) mass is 467 g/mol. The summed E-state index contributed by atoms with van der Waals surface area (Å²) in [7, 11) is 0. The third-order valence-electron chi connectivity index (χ3n) is 7.82. The first-order chi connectivity index (χ1) is 17.0. The first-order valence-electron chi connectivity index (χ1n) is 12.0. The van der Waals surface area contributed by atoms with Gasteiger partial charge >= 0.3 is 5.97 Å². The van der Waals surface area contributed by atoms with Crippen LogP contribution in [0.2, 0.25) is 0 Å². The van der Waals surface area contributed by atoms with Crippen LogP contribution in [0.4, 0.5) is 5.69 Å². The van der Waals surface area contributed by atoms with E-state index in [0.717, 1.165) is 24.0 Å². The van der Waals surface area contributed by atoms with Crippen molar-refractivity contribution in [3.8, 4) is 5.75 Å².